The zero-order chi connectivity index (χ0) is 19.7. The minimum Gasteiger partial charge on any atom is -0.448 e. The van der Waals surface area contributed by atoms with Crippen molar-refractivity contribution in [2.24, 2.45) is 5.73 Å². The van der Waals surface area contributed by atoms with E-state index < -0.39 is 6.09 Å². The minimum absolute atomic E-state index is 0.0371. The maximum absolute atomic E-state index is 12.5. The van der Waals surface area contributed by atoms with E-state index in [1.54, 1.807) is 6.07 Å². The number of nitrogens with two attached hydrogens (primary N) is 1. The van der Waals surface area contributed by atoms with Gasteiger partial charge in [0, 0.05) is 23.0 Å². The summed E-state index contributed by atoms with van der Waals surface area (Å²) in [5.74, 6) is 0.0371. The minimum atomic E-state index is -0.480. The van der Waals surface area contributed by atoms with Crippen LogP contribution in [0.25, 0.3) is 11.1 Å². The molecular formula is C23H22N2O2S. The summed E-state index contributed by atoms with van der Waals surface area (Å²) in [7, 11) is 0. The van der Waals surface area contributed by atoms with Crippen LogP contribution in [0.4, 0.5) is 10.5 Å². The first-order chi connectivity index (χ1) is 13.6. The molecule has 5 heteroatoms. The normalized spacial score (nSPS) is 12.4. The van der Waals surface area contributed by atoms with Crippen LogP contribution in [0, 0.1) is 6.92 Å². The van der Waals surface area contributed by atoms with Crippen molar-refractivity contribution >= 4 is 24.4 Å². The van der Waals surface area contributed by atoms with Gasteiger partial charge in [0.05, 0.1) is 0 Å². The second-order valence-electron chi connectivity index (χ2n) is 6.93. The molecule has 0 aromatic heterocycles. The van der Waals surface area contributed by atoms with Crippen molar-refractivity contribution in [3.63, 3.8) is 0 Å². The molecule has 1 aliphatic carbocycles. The van der Waals surface area contributed by atoms with Crippen LogP contribution in [0.15, 0.2) is 65.6 Å². The molecule has 3 aromatic carbocycles. The molecule has 0 saturated heterocycles. The Balaban J connectivity index is 1.51. The number of nitrogens with one attached hydrogen (secondary N) is 1. The number of ether oxygens (including phenoxy) is 1. The average Bonchev–Trinajstić information content (AvgIpc) is 3.03. The molecule has 0 atom stereocenters. The van der Waals surface area contributed by atoms with Gasteiger partial charge in [-0.25, -0.2) is 4.79 Å². The van der Waals surface area contributed by atoms with Crippen LogP contribution in [0.5, 0.6) is 0 Å². The largest absolute Gasteiger partial charge is 0.448 e. The van der Waals surface area contributed by atoms with Gasteiger partial charge in [0.2, 0.25) is 0 Å². The zero-order valence-electron chi connectivity index (χ0n) is 15.6. The van der Waals surface area contributed by atoms with Crippen molar-refractivity contribution in [3.05, 3.63) is 82.9 Å². The van der Waals surface area contributed by atoms with E-state index in [0.717, 1.165) is 16.0 Å². The van der Waals surface area contributed by atoms with Crippen LogP contribution in [0.3, 0.4) is 0 Å². The van der Waals surface area contributed by atoms with Crippen LogP contribution >= 0.6 is 12.6 Å². The summed E-state index contributed by atoms with van der Waals surface area (Å²) in [6, 6.07) is 20.3. The summed E-state index contributed by atoms with van der Waals surface area (Å²) in [5, 5.41) is 2.83. The second-order valence-corrected chi connectivity index (χ2v) is 7.45. The molecule has 0 fully saturated rings. The number of carbonyl (C=O) groups excluding carboxylic acids is 1. The monoisotopic (exact) mass is 390 g/mol. The van der Waals surface area contributed by atoms with E-state index in [-0.39, 0.29) is 12.5 Å². The van der Waals surface area contributed by atoms with Gasteiger partial charge in [-0.1, -0.05) is 48.5 Å². The summed E-state index contributed by atoms with van der Waals surface area (Å²) in [6.45, 7) is 2.59. The Morgan fingerprint density at radius 1 is 1.07 bits per heavy atom. The number of thiol groups is 1. The molecule has 0 bridgehead atoms. The maximum atomic E-state index is 12.5. The molecular weight excluding hydrogens is 368 g/mol. The molecule has 1 amide bonds. The molecule has 4 nitrogen and oxygen atoms in total. The highest BCUT2D eigenvalue weighted by Crippen LogP contribution is 2.44. The zero-order valence-corrected chi connectivity index (χ0v) is 16.5. The summed E-state index contributed by atoms with van der Waals surface area (Å²) in [5.41, 5.74) is 13.1. The van der Waals surface area contributed by atoms with E-state index in [9.17, 15) is 4.79 Å². The Morgan fingerprint density at radius 2 is 1.68 bits per heavy atom. The Bertz CT molecular complexity index is 1000. The topological polar surface area (TPSA) is 64.3 Å². The van der Waals surface area contributed by atoms with Gasteiger partial charge in [-0.05, 0) is 52.4 Å². The molecule has 4 rings (SSSR count). The number of hydrogen-bond acceptors (Lipinski definition) is 4. The molecule has 3 aromatic rings. The number of rotatable bonds is 4. The van der Waals surface area contributed by atoms with Gasteiger partial charge < -0.3 is 10.5 Å². The van der Waals surface area contributed by atoms with Crippen LogP contribution in [-0.4, -0.2) is 12.7 Å². The van der Waals surface area contributed by atoms with Gasteiger partial charge in [-0.15, -0.1) is 12.6 Å². The number of benzene rings is 3. The van der Waals surface area contributed by atoms with Crippen molar-refractivity contribution < 1.29 is 9.53 Å². The molecule has 142 valence electrons. The lowest BCUT2D eigenvalue weighted by atomic mass is 9.98. The van der Waals surface area contributed by atoms with Gasteiger partial charge >= 0.3 is 6.09 Å². The first-order valence-electron chi connectivity index (χ1n) is 9.23. The second kappa shape index (κ2) is 7.70. The van der Waals surface area contributed by atoms with Crippen LogP contribution in [0.2, 0.25) is 0 Å². The number of fused-ring (bicyclic) bond motifs is 3. The molecule has 0 radical (unpaired) electrons. The first kappa shape index (κ1) is 18.6. The lowest BCUT2D eigenvalue weighted by molar-refractivity contribution is 0.158. The Kier molecular flexibility index (Phi) is 5.11. The van der Waals surface area contributed by atoms with Gasteiger partial charge in [0.25, 0.3) is 0 Å². The van der Waals surface area contributed by atoms with E-state index >= 15 is 0 Å². The average molecular weight is 391 g/mol. The van der Waals surface area contributed by atoms with E-state index in [4.69, 9.17) is 10.5 Å². The number of anilines is 1. The van der Waals surface area contributed by atoms with E-state index in [1.807, 2.05) is 37.3 Å². The van der Waals surface area contributed by atoms with E-state index in [0.29, 0.717) is 12.2 Å². The molecule has 1 aliphatic rings. The predicted molar refractivity (Wildman–Crippen MR) is 115 cm³/mol. The molecule has 28 heavy (non-hydrogen) atoms. The fraction of sp³-hybridized carbons (Fsp3) is 0.174. The van der Waals surface area contributed by atoms with Crippen LogP contribution in [-0.2, 0) is 11.3 Å². The smallest absolute Gasteiger partial charge is 0.411 e. The van der Waals surface area contributed by atoms with E-state index in [1.165, 1.54) is 22.3 Å². The van der Waals surface area contributed by atoms with Crippen LogP contribution < -0.4 is 11.1 Å². The highest BCUT2D eigenvalue weighted by Gasteiger charge is 2.29. The summed E-state index contributed by atoms with van der Waals surface area (Å²) < 4.78 is 5.61. The molecule has 0 aliphatic heterocycles. The quantitative estimate of drug-likeness (QED) is 0.543. The van der Waals surface area contributed by atoms with Crippen molar-refractivity contribution in [2.45, 2.75) is 24.3 Å². The van der Waals surface area contributed by atoms with Crippen LogP contribution in [0.1, 0.15) is 28.2 Å². The number of amides is 1. The lowest BCUT2D eigenvalue weighted by Crippen LogP contribution is -2.19. The van der Waals surface area contributed by atoms with Crippen molar-refractivity contribution in [1.29, 1.82) is 0 Å². The van der Waals surface area contributed by atoms with Gasteiger partial charge in [0.1, 0.15) is 6.61 Å². The summed E-state index contributed by atoms with van der Waals surface area (Å²) in [6.07, 6.45) is -0.480. The van der Waals surface area contributed by atoms with Gasteiger partial charge in [0.15, 0.2) is 0 Å². The third kappa shape index (κ3) is 3.39. The molecule has 0 unspecified atom stereocenters. The Labute approximate surface area is 170 Å². The Hall–Kier alpha value is -2.76. The fourth-order valence-corrected chi connectivity index (χ4v) is 4.13. The van der Waals surface area contributed by atoms with Gasteiger partial charge in [-0.3, -0.25) is 5.32 Å². The molecule has 0 spiro atoms. The lowest BCUT2D eigenvalue weighted by Gasteiger charge is -2.16. The first-order valence-corrected chi connectivity index (χ1v) is 9.67. The highest BCUT2D eigenvalue weighted by atomic mass is 32.1. The fourth-order valence-electron chi connectivity index (χ4n) is 3.84. The van der Waals surface area contributed by atoms with Crippen molar-refractivity contribution in [3.8, 4) is 11.1 Å². The van der Waals surface area contributed by atoms with Crippen molar-refractivity contribution in [2.75, 3.05) is 11.9 Å². The highest BCUT2D eigenvalue weighted by molar-refractivity contribution is 7.80. The summed E-state index contributed by atoms with van der Waals surface area (Å²) in [4.78, 5) is 13.2. The number of carbonyl (C=O) groups is 1. The molecule has 3 N–H and O–H groups in total. The maximum Gasteiger partial charge on any atom is 0.411 e. The van der Waals surface area contributed by atoms with E-state index in [2.05, 4.69) is 42.2 Å². The predicted octanol–water partition coefficient (Wildman–Crippen LogP) is 5.10. The number of hydrogen-bond donors (Lipinski definition) is 3. The third-order valence-electron chi connectivity index (χ3n) is 5.30. The third-order valence-corrected chi connectivity index (χ3v) is 5.56. The molecule has 0 heterocycles. The summed E-state index contributed by atoms with van der Waals surface area (Å²) >= 11 is 4.39. The SMILES string of the molecule is Cc1c(CN)cc(S)cc1NC(=O)OCC1c2ccccc2-c2ccccc21. The van der Waals surface area contributed by atoms with Crippen molar-refractivity contribution in [1.82, 2.24) is 0 Å². The van der Waals surface area contributed by atoms with Gasteiger partial charge in [-0.2, -0.15) is 0 Å². The Morgan fingerprint density at radius 3 is 2.29 bits per heavy atom. The standard InChI is InChI=1S/C23H22N2O2S/c1-14-15(12-24)10-16(28)11-22(14)25-23(26)27-13-21-19-8-4-2-6-17(19)18-7-3-5-9-20(18)21/h2-11,21,28H,12-13,24H2,1H3,(H,25,26). The molecule has 0 saturated carbocycles.